The molecule has 2 rings (SSSR count). The summed E-state index contributed by atoms with van der Waals surface area (Å²) in [6, 6.07) is 10.5. The molecule has 6 heteroatoms. The third-order valence-electron chi connectivity index (χ3n) is 3.20. The summed E-state index contributed by atoms with van der Waals surface area (Å²) in [4.78, 5) is 25.6. The van der Waals surface area contributed by atoms with Gasteiger partial charge in [-0.1, -0.05) is 23.7 Å². The van der Waals surface area contributed by atoms with Gasteiger partial charge in [-0.25, -0.2) is 0 Å². The van der Waals surface area contributed by atoms with Crippen molar-refractivity contribution < 1.29 is 18.7 Å². The van der Waals surface area contributed by atoms with Crippen LogP contribution in [-0.4, -0.2) is 29.9 Å². The van der Waals surface area contributed by atoms with Crippen molar-refractivity contribution in [2.24, 2.45) is 0 Å². The van der Waals surface area contributed by atoms with Gasteiger partial charge in [-0.2, -0.15) is 0 Å². The highest BCUT2D eigenvalue weighted by molar-refractivity contribution is 6.30. The van der Waals surface area contributed by atoms with Crippen LogP contribution in [0.3, 0.4) is 0 Å². The number of furan rings is 1. The number of halogens is 1. The van der Waals surface area contributed by atoms with E-state index >= 15 is 0 Å². The van der Waals surface area contributed by atoms with E-state index in [1.165, 1.54) is 6.26 Å². The van der Waals surface area contributed by atoms with E-state index < -0.39 is 0 Å². The van der Waals surface area contributed by atoms with Crippen LogP contribution in [0.1, 0.15) is 29.5 Å². The van der Waals surface area contributed by atoms with Gasteiger partial charge in [-0.3, -0.25) is 9.59 Å². The first-order chi connectivity index (χ1) is 11.1. The lowest BCUT2D eigenvalue weighted by Gasteiger charge is -2.21. The first kappa shape index (κ1) is 17.1. The van der Waals surface area contributed by atoms with E-state index in [0.29, 0.717) is 18.2 Å². The normalized spacial score (nSPS) is 10.3. The van der Waals surface area contributed by atoms with E-state index in [1.54, 1.807) is 36.1 Å². The van der Waals surface area contributed by atoms with Crippen LogP contribution in [0.2, 0.25) is 5.02 Å². The number of nitrogens with zero attached hydrogens (tertiary/aromatic N) is 1. The second-order valence-electron chi connectivity index (χ2n) is 4.89. The number of esters is 1. The van der Waals surface area contributed by atoms with Gasteiger partial charge in [0.05, 0.1) is 19.3 Å². The molecule has 5 nitrogen and oxygen atoms in total. The molecule has 0 radical (unpaired) electrons. The Morgan fingerprint density at radius 3 is 2.57 bits per heavy atom. The first-order valence-electron chi connectivity index (χ1n) is 7.33. The van der Waals surface area contributed by atoms with Crippen LogP contribution in [-0.2, 0) is 16.1 Å². The minimum absolute atomic E-state index is 0.133. The Hall–Kier alpha value is -2.27. The Balaban J connectivity index is 2.08. The number of hydrogen-bond donors (Lipinski definition) is 0. The molecule has 0 aliphatic rings. The van der Waals surface area contributed by atoms with E-state index in [9.17, 15) is 9.59 Å². The molecule has 0 unspecified atom stereocenters. The van der Waals surface area contributed by atoms with Crippen LogP contribution in [0.4, 0.5) is 0 Å². The highest BCUT2D eigenvalue weighted by atomic mass is 35.5. The monoisotopic (exact) mass is 335 g/mol. The number of amides is 1. The number of ether oxygens (including phenoxy) is 1. The molecule has 0 saturated carbocycles. The molecule has 122 valence electrons. The molecule has 1 heterocycles. The zero-order valence-electron chi connectivity index (χ0n) is 12.8. The quantitative estimate of drug-likeness (QED) is 0.726. The topological polar surface area (TPSA) is 59.8 Å². The van der Waals surface area contributed by atoms with Gasteiger partial charge in [0.25, 0.3) is 5.91 Å². The Labute approximate surface area is 139 Å². The predicted octanol–water partition coefficient (Wildman–Crippen LogP) is 3.53. The maximum Gasteiger partial charge on any atom is 0.307 e. The fourth-order valence-corrected chi connectivity index (χ4v) is 2.20. The fourth-order valence-electron chi connectivity index (χ4n) is 2.08. The first-order valence-corrected chi connectivity index (χ1v) is 7.70. The second kappa shape index (κ2) is 8.39. The van der Waals surface area contributed by atoms with E-state index in [0.717, 1.165) is 5.56 Å². The lowest BCUT2D eigenvalue weighted by molar-refractivity contribution is -0.143. The van der Waals surface area contributed by atoms with Crippen LogP contribution in [0.15, 0.2) is 47.1 Å². The van der Waals surface area contributed by atoms with Crippen molar-refractivity contribution in [3.05, 3.63) is 59.0 Å². The highest BCUT2D eigenvalue weighted by Gasteiger charge is 2.19. The summed E-state index contributed by atoms with van der Waals surface area (Å²) in [7, 11) is 0. The van der Waals surface area contributed by atoms with Crippen LogP contribution >= 0.6 is 11.6 Å². The Morgan fingerprint density at radius 1 is 1.22 bits per heavy atom. The summed E-state index contributed by atoms with van der Waals surface area (Å²) in [5.41, 5.74) is 0.915. The minimum atomic E-state index is -0.333. The third-order valence-corrected chi connectivity index (χ3v) is 3.45. The number of rotatable bonds is 7. The fraction of sp³-hybridized carbons (Fsp3) is 0.294. The SMILES string of the molecule is CCOC(=O)CCN(Cc1ccc(Cl)cc1)C(=O)c1ccco1. The van der Waals surface area contributed by atoms with Crippen LogP contribution < -0.4 is 0 Å². The molecule has 0 bridgehead atoms. The standard InChI is InChI=1S/C17H18ClNO4/c1-2-22-16(20)9-10-19(17(21)15-4-3-11-23-15)12-13-5-7-14(18)8-6-13/h3-8,11H,2,9-10,12H2,1H3. The van der Waals surface area contributed by atoms with Gasteiger partial charge in [-0.05, 0) is 36.8 Å². The van der Waals surface area contributed by atoms with Crippen LogP contribution in [0.5, 0.6) is 0 Å². The molecule has 1 aromatic heterocycles. The van der Waals surface area contributed by atoms with Crippen molar-refractivity contribution in [3.63, 3.8) is 0 Å². The zero-order valence-corrected chi connectivity index (χ0v) is 13.6. The summed E-state index contributed by atoms with van der Waals surface area (Å²) in [5, 5.41) is 0.629. The number of hydrogen-bond acceptors (Lipinski definition) is 4. The molecule has 0 aliphatic heterocycles. The van der Waals surface area contributed by atoms with Crippen molar-refractivity contribution in [2.45, 2.75) is 19.9 Å². The summed E-state index contributed by atoms with van der Waals surface area (Å²) in [5.74, 6) is -0.363. The van der Waals surface area contributed by atoms with Gasteiger partial charge in [0.2, 0.25) is 0 Å². The largest absolute Gasteiger partial charge is 0.466 e. The average molecular weight is 336 g/mol. The molecule has 0 saturated heterocycles. The summed E-state index contributed by atoms with van der Waals surface area (Å²) >= 11 is 5.87. The summed E-state index contributed by atoms with van der Waals surface area (Å²) in [6.45, 7) is 2.68. The number of carbonyl (C=O) groups excluding carboxylic acids is 2. The van der Waals surface area contributed by atoms with Crippen molar-refractivity contribution in [3.8, 4) is 0 Å². The van der Waals surface area contributed by atoms with Gasteiger partial charge in [0, 0.05) is 18.1 Å². The van der Waals surface area contributed by atoms with E-state index in [1.807, 2.05) is 12.1 Å². The maximum absolute atomic E-state index is 12.5. The van der Waals surface area contributed by atoms with Crippen molar-refractivity contribution >= 4 is 23.5 Å². The van der Waals surface area contributed by atoms with Gasteiger partial charge in [0.15, 0.2) is 5.76 Å². The molecule has 1 amide bonds. The lowest BCUT2D eigenvalue weighted by atomic mass is 10.2. The maximum atomic E-state index is 12.5. The third kappa shape index (κ3) is 5.14. The molecule has 0 fully saturated rings. The van der Waals surface area contributed by atoms with Gasteiger partial charge >= 0.3 is 5.97 Å². The van der Waals surface area contributed by atoms with E-state index in [2.05, 4.69) is 0 Å². The zero-order chi connectivity index (χ0) is 16.7. The predicted molar refractivity (Wildman–Crippen MR) is 86.2 cm³/mol. The highest BCUT2D eigenvalue weighted by Crippen LogP contribution is 2.14. The smallest absolute Gasteiger partial charge is 0.307 e. The number of benzene rings is 1. The Morgan fingerprint density at radius 2 is 1.96 bits per heavy atom. The van der Waals surface area contributed by atoms with Crippen molar-refractivity contribution in [2.75, 3.05) is 13.2 Å². The second-order valence-corrected chi connectivity index (χ2v) is 5.32. The molecule has 0 spiro atoms. The molecule has 23 heavy (non-hydrogen) atoms. The van der Waals surface area contributed by atoms with Crippen molar-refractivity contribution in [1.29, 1.82) is 0 Å². The summed E-state index contributed by atoms with van der Waals surface area (Å²) in [6.07, 6.45) is 1.58. The molecule has 0 aliphatic carbocycles. The molecule has 1 aromatic carbocycles. The van der Waals surface area contributed by atoms with E-state index in [4.69, 9.17) is 20.8 Å². The Bertz CT molecular complexity index is 637. The van der Waals surface area contributed by atoms with Crippen molar-refractivity contribution in [1.82, 2.24) is 4.90 Å². The van der Waals surface area contributed by atoms with Gasteiger partial charge in [0.1, 0.15) is 0 Å². The average Bonchev–Trinajstić information content (AvgIpc) is 3.07. The number of carbonyl (C=O) groups is 2. The molecular weight excluding hydrogens is 318 g/mol. The Kier molecular flexibility index (Phi) is 6.23. The molecule has 2 aromatic rings. The van der Waals surface area contributed by atoms with Crippen LogP contribution in [0.25, 0.3) is 0 Å². The van der Waals surface area contributed by atoms with Gasteiger partial charge < -0.3 is 14.1 Å². The van der Waals surface area contributed by atoms with Crippen LogP contribution in [0, 0.1) is 0 Å². The molecular formula is C17H18ClNO4. The van der Waals surface area contributed by atoms with Gasteiger partial charge in [-0.15, -0.1) is 0 Å². The molecule has 0 N–H and O–H groups in total. The lowest BCUT2D eigenvalue weighted by Crippen LogP contribution is -2.32. The van der Waals surface area contributed by atoms with E-state index in [-0.39, 0.29) is 30.6 Å². The summed E-state index contributed by atoms with van der Waals surface area (Å²) < 4.78 is 10.1. The molecule has 0 atom stereocenters. The minimum Gasteiger partial charge on any atom is -0.466 e.